The molecule has 4 heterocycles. The number of H-pyrrole nitrogens is 1. The second-order valence-electron chi connectivity index (χ2n) is 5.68. The monoisotopic (exact) mass is 329 g/mol. The number of fused-ring (bicyclic) bond motifs is 3. The van der Waals surface area contributed by atoms with Gasteiger partial charge in [-0.2, -0.15) is 4.31 Å². The maximum atomic E-state index is 11.8. The summed E-state index contributed by atoms with van der Waals surface area (Å²) in [5.74, 6) is 0.756. The van der Waals surface area contributed by atoms with Crippen molar-refractivity contribution in [2.24, 2.45) is 0 Å². The molecule has 0 saturated heterocycles. The van der Waals surface area contributed by atoms with Gasteiger partial charge in [-0.25, -0.2) is 23.4 Å². The molecule has 0 radical (unpaired) electrons. The first-order valence-electron chi connectivity index (χ1n) is 7.18. The molecule has 118 valence electrons. The van der Waals surface area contributed by atoms with E-state index in [1.807, 2.05) is 19.1 Å². The summed E-state index contributed by atoms with van der Waals surface area (Å²) < 4.78 is 25.0. The summed E-state index contributed by atoms with van der Waals surface area (Å²) in [6.45, 7) is 2.59. The minimum Gasteiger partial charge on any atom is -0.342 e. The van der Waals surface area contributed by atoms with Crippen molar-refractivity contribution in [1.82, 2.24) is 24.2 Å². The van der Waals surface area contributed by atoms with Crippen LogP contribution in [0.2, 0.25) is 0 Å². The van der Waals surface area contributed by atoms with Crippen LogP contribution in [0.25, 0.3) is 27.5 Å². The van der Waals surface area contributed by atoms with E-state index in [2.05, 4.69) is 19.9 Å². The molecule has 23 heavy (non-hydrogen) atoms. The highest BCUT2D eigenvalue weighted by atomic mass is 32.2. The molecule has 0 aromatic carbocycles. The van der Waals surface area contributed by atoms with Gasteiger partial charge in [-0.1, -0.05) is 6.08 Å². The Bertz CT molecular complexity index is 1070. The lowest BCUT2D eigenvalue weighted by molar-refractivity contribution is 0.496. The molecule has 0 amide bonds. The van der Waals surface area contributed by atoms with Crippen LogP contribution in [-0.2, 0) is 10.0 Å². The standard InChI is InChI=1S/C15H15N5O2S/c1-9-18-12-7-17-15-11(3-5-16-15)13(12)14(19-9)10-4-6-20(8-10)23(2,21)22/h3-5,7H,6,8H2,1-2H3,(H,18,19). The molecule has 0 aliphatic carbocycles. The number of aromatic nitrogens is 4. The molecular formula is C15H15N5O2S. The van der Waals surface area contributed by atoms with Gasteiger partial charge in [-0.05, 0) is 18.6 Å². The van der Waals surface area contributed by atoms with Crippen LogP contribution in [0.5, 0.6) is 0 Å². The Hall–Kier alpha value is -2.32. The summed E-state index contributed by atoms with van der Waals surface area (Å²) >= 11 is 0. The zero-order valence-electron chi connectivity index (χ0n) is 12.7. The maximum absolute atomic E-state index is 11.8. The van der Waals surface area contributed by atoms with E-state index in [1.165, 1.54) is 10.6 Å². The summed E-state index contributed by atoms with van der Waals surface area (Å²) in [4.78, 5) is 16.4. The molecule has 0 spiro atoms. The SMILES string of the molecule is Cc1nc(C2=CCN(S(C)(=O)=O)C2)c2c(cnc3nccc32)[nH]1. The summed E-state index contributed by atoms with van der Waals surface area (Å²) in [6, 6.07) is 1.91. The van der Waals surface area contributed by atoms with E-state index in [4.69, 9.17) is 0 Å². The largest absolute Gasteiger partial charge is 0.342 e. The summed E-state index contributed by atoms with van der Waals surface area (Å²) in [5, 5.41) is 1.85. The van der Waals surface area contributed by atoms with Crippen molar-refractivity contribution in [2.45, 2.75) is 6.92 Å². The van der Waals surface area contributed by atoms with Crippen molar-refractivity contribution in [3.05, 3.63) is 36.1 Å². The van der Waals surface area contributed by atoms with Gasteiger partial charge in [0.05, 0.1) is 23.7 Å². The Labute approximate surface area is 133 Å². The minimum absolute atomic E-state index is 0.336. The average molecular weight is 329 g/mol. The molecule has 7 nitrogen and oxygen atoms in total. The van der Waals surface area contributed by atoms with Crippen LogP contribution >= 0.6 is 0 Å². The fourth-order valence-corrected chi connectivity index (χ4v) is 3.66. The van der Waals surface area contributed by atoms with E-state index in [0.717, 1.165) is 33.4 Å². The van der Waals surface area contributed by atoms with Crippen LogP contribution in [0.15, 0.2) is 24.5 Å². The number of hydrogen-bond acceptors (Lipinski definition) is 5. The number of nitrogens with zero attached hydrogens (tertiary/aromatic N) is 4. The van der Waals surface area contributed by atoms with Gasteiger partial charge in [0.2, 0.25) is 10.0 Å². The fraction of sp³-hybridized carbons (Fsp3) is 0.267. The first kappa shape index (κ1) is 14.3. The number of sulfonamides is 1. The average Bonchev–Trinajstić information content (AvgIpc) is 3.14. The van der Waals surface area contributed by atoms with Gasteiger partial charge in [0, 0.05) is 30.1 Å². The highest BCUT2D eigenvalue weighted by Gasteiger charge is 2.25. The van der Waals surface area contributed by atoms with Gasteiger partial charge in [0.15, 0.2) is 5.65 Å². The maximum Gasteiger partial charge on any atom is 0.211 e. The lowest BCUT2D eigenvalue weighted by atomic mass is 10.1. The highest BCUT2D eigenvalue weighted by molar-refractivity contribution is 7.88. The Balaban J connectivity index is 1.95. The van der Waals surface area contributed by atoms with Crippen LogP contribution in [0.3, 0.4) is 0 Å². The van der Waals surface area contributed by atoms with Crippen molar-refractivity contribution in [1.29, 1.82) is 0 Å². The first-order valence-corrected chi connectivity index (χ1v) is 9.03. The summed E-state index contributed by atoms with van der Waals surface area (Å²) in [7, 11) is -3.22. The van der Waals surface area contributed by atoms with Crippen LogP contribution in [0.1, 0.15) is 11.5 Å². The van der Waals surface area contributed by atoms with Gasteiger partial charge < -0.3 is 4.98 Å². The Morgan fingerprint density at radius 3 is 2.87 bits per heavy atom. The van der Waals surface area contributed by atoms with Gasteiger partial charge >= 0.3 is 0 Å². The quantitative estimate of drug-likeness (QED) is 0.769. The van der Waals surface area contributed by atoms with E-state index in [1.54, 1.807) is 12.4 Å². The Morgan fingerprint density at radius 2 is 2.13 bits per heavy atom. The molecule has 1 N–H and O–H groups in total. The van der Waals surface area contributed by atoms with E-state index in [9.17, 15) is 8.42 Å². The second-order valence-corrected chi connectivity index (χ2v) is 7.67. The summed E-state index contributed by atoms with van der Waals surface area (Å²) in [5.41, 5.74) is 3.23. The molecule has 0 unspecified atom stereocenters. The number of nitrogens with one attached hydrogen (secondary N) is 1. The van der Waals surface area contributed by atoms with E-state index in [-0.39, 0.29) is 0 Å². The third-order valence-electron chi connectivity index (χ3n) is 4.03. The number of aryl methyl sites for hydroxylation is 1. The first-order chi connectivity index (χ1) is 10.9. The molecule has 0 saturated carbocycles. The number of hydrogen-bond donors (Lipinski definition) is 1. The topological polar surface area (TPSA) is 91.8 Å². The van der Waals surface area contributed by atoms with Gasteiger partial charge in [0.25, 0.3) is 0 Å². The second kappa shape index (κ2) is 4.84. The molecule has 1 aliphatic rings. The zero-order chi connectivity index (χ0) is 16.2. The van der Waals surface area contributed by atoms with Gasteiger partial charge in [-0.3, -0.25) is 0 Å². The van der Waals surface area contributed by atoms with Crippen molar-refractivity contribution >= 4 is 37.5 Å². The lowest BCUT2D eigenvalue weighted by Crippen LogP contribution is -2.27. The molecule has 8 heteroatoms. The van der Waals surface area contributed by atoms with E-state index in [0.29, 0.717) is 18.7 Å². The predicted molar refractivity (Wildman–Crippen MR) is 88.3 cm³/mol. The Morgan fingerprint density at radius 1 is 1.30 bits per heavy atom. The number of pyridine rings is 1. The molecule has 3 aromatic heterocycles. The Kier molecular flexibility index (Phi) is 3.00. The molecule has 0 fully saturated rings. The van der Waals surface area contributed by atoms with Crippen molar-refractivity contribution in [3.63, 3.8) is 0 Å². The van der Waals surface area contributed by atoms with Crippen LogP contribution in [-0.4, -0.2) is 52.0 Å². The normalized spacial score (nSPS) is 16.3. The fourth-order valence-electron chi connectivity index (χ4n) is 2.94. The van der Waals surface area contributed by atoms with Crippen molar-refractivity contribution in [2.75, 3.05) is 19.3 Å². The number of rotatable bonds is 2. The third kappa shape index (κ3) is 2.30. The molecule has 1 aliphatic heterocycles. The van der Waals surface area contributed by atoms with Crippen molar-refractivity contribution < 1.29 is 8.42 Å². The van der Waals surface area contributed by atoms with Gasteiger partial charge in [-0.15, -0.1) is 0 Å². The smallest absolute Gasteiger partial charge is 0.211 e. The number of aromatic amines is 1. The molecule has 4 rings (SSSR count). The van der Waals surface area contributed by atoms with Crippen LogP contribution in [0.4, 0.5) is 0 Å². The molecular weight excluding hydrogens is 314 g/mol. The molecule has 3 aromatic rings. The lowest BCUT2D eigenvalue weighted by Gasteiger charge is -2.14. The van der Waals surface area contributed by atoms with Crippen LogP contribution < -0.4 is 0 Å². The van der Waals surface area contributed by atoms with Gasteiger partial charge in [0.1, 0.15) is 5.82 Å². The van der Waals surface area contributed by atoms with Crippen molar-refractivity contribution in [3.8, 4) is 0 Å². The minimum atomic E-state index is -3.22. The predicted octanol–water partition coefficient (Wildman–Crippen LogP) is 1.47. The van der Waals surface area contributed by atoms with Crippen LogP contribution in [0, 0.1) is 6.92 Å². The third-order valence-corrected chi connectivity index (χ3v) is 5.24. The highest BCUT2D eigenvalue weighted by Crippen LogP contribution is 2.31. The van der Waals surface area contributed by atoms with E-state index < -0.39 is 10.0 Å². The molecule has 0 atom stereocenters. The zero-order valence-corrected chi connectivity index (χ0v) is 13.6. The molecule has 0 bridgehead atoms. The van der Waals surface area contributed by atoms with E-state index >= 15 is 0 Å². The summed E-state index contributed by atoms with van der Waals surface area (Å²) in [6.07, 6.45) is 6.60.